The molecule has 0 radical (unpaired) electrons. The van der Waals surface area contributed by atoms with Crippen molar-refractivity contribution in [2.45, 2.75) is 19.8 Å². The van der Waals surface area contributed by atoms with Crippen LogP contribution in [0, 0.1) is 10.1 Å². The Morgan fingerprint density at radius 3 is 2.77 bits per heavy atom. The number of esters is 1. The fourth-order valence-electron chi connectivity index (χ4n) is 2.67. The van der Waals surface area contributed by atoms with Crippen molar-refractivity contribution in [3.05, 3.63) is 57.6 Å². The summed E-state index contributed by atoms with van der Waals surface area (Å²) in [6.07, 6.45) is 0.487. The molecule has 0 spiro atoms. The molecule has 1 aromatic heterocycles. The molecule has 0 atom stereocenters. The number of aryl methyl sites for hydroxylation is 1. The molecule has 0 unspecified atom stereocenters. The van der Waals surface area contributed by atoms with Gasteiger partial charge in [0.15, 0.2) is 6.61 Å². The number of nitro benzene ring substituents is 1. The Morgan fingerprint density at radius 2 is 2.03 bits per heavy atom. The number of carbonyl (C=O) groups is 2. The van der Waals surface area contributed by atoms with Gasteiger partial charge in [-0.05, 0) is 31.2 Å². The van der Waals surface area contributed by atoms with Gasteiger partial charge in [0.1, 0.15) is 11.4 Å². The first-order chi connectivity index (χ1) is 14.5. The maximum Gasteiger partial charge on any atom is 0.306 e. The molecule has 1 heterocycles. The van der Waals surface area contributed by atoms with Gasteiger partial charge < -0.3 is 14.8 Å². The normalized spacial score (nSPS) is 10.6. The predicted molar refractivity (Wildman–Crippen MR) is 112 cm³/mol. The number of para-hydroxylation sites is 1. The fraction of sp³-hybridized carbons (Fsp3) is 0.250. The highest BCUT2D eigenvalue weighted by molar-refractivity contribution is 7.18. The number of thiazole rings is 1. The van der Waals surface area contributed by atoms with Crippen LogP contribution in [0.1, 0.15) is 18.4 Å². The number of nitro groups is 1. The summed E-state index contributed by atoms with van der Waals surface area (Å²) in [6, 6.07) is 11.8. The Morgan fingerprint density at radius 1 is 1.23 bits per heavy atom. The van der Waals surface area contributed by atoms with Crippen molar-refractivity contribution >= 4 is 44.8 Å². The van der Waals surface area contributed by atoms with Crippen molar-refractivity contribution in [1.29, 1.82) is 0 Å². The van der Waals surface area contributed by atoms with Gasteiger partial charge in [0.05, 0.1) is 39.2 Å². The van der Waals surface area contributed by atoms with Crippen molar-refractivity contribution in [2.75, 3.05) is 18.5 Å². The SMILES string of the molecule is CCOc1ccc(NC(=O)COC(=O)CCc2nc3ccccc3s2)c([N+](=O)[O-])c1. The molecule has 9 nitrogen and oxygen atoms in total. The molecule has 1 amide bonds. The standard InChI is InChI=1S/C20H19N3O6S/c1-2-28-13-7-8-14(16(11-13)23(26)27)21-18(24)12-29-20(25)10-9-19-22-15-5-3-4-6-17(15)30-19/h3-8,11H,2,9-10,12H2,1H3,(H,21,24). The van der Waals surface area contributed by atoms with Crippen molar-refractivity contribution in [1.82, 2.24) is 4.98 Å². The van der Waals surface area contributed by atoms with Crippen molar-refractivity contribution in [3.63, 3.8) is 0 Å². The summed E-state index contributed by atoms with van der Waals surface area (Å²) in [5.74, 6) is -0.898. The van der Waals surface area contributed by atoms with Gasteiger partial charge in [-0.25, -0.2) is 4.98 Å². The molecule has 3 aromatic rings. The van der Waals surface area contributed by atoms with Crippen LogP contribution in [0.25, 0.3) is 10.2 Å². The van der Waals surface area contributed by atoms with E-state index >= 15 is 0 Å². The minimum atomic E-state index is -0.671. The molecule has 156 valence electrons. The van der Waals surface area contributed by atoms with Gasteiger partial charge in [-0.15, -0.1) is 11.3 Å². The molecular weight excluding hydrogens is 410 g/mol. The number of hydrogen-bond donors (Lipinski definition) is 1. The van der Waals surface area contributed by atoms with Gasteiger partial charge in [-0.3, -0.25) is 19.7 Å². The molecule has 0 aliphatic heterocycles. The van der Waals surface area contributed by atoms with Gasteiger partial charge in [0.2, 0.25) is 0 Å². The van der Waals surface area contributed by atoms with Gasteiger partial charge in [-0.2, -0.15) is 0 Å². The first-order valence-corrected chi connectivity index (χ1v) is 9.99. The maximum atomic E-state index is 12.0. The topological polar surface area (TPSA) is 121 Å². The molecule has 1 N–H and O–H groups in total. The van der Waals surface area contributed by atoms with Crippen LogP contribution in [0.4, 0.5) is 11.4 Å². The van der Waals surface area contributed by atoms with Gasteiger partial charge in [-0.1, -0.05) is 12.1 Å². The molecule has 0 saturated heterocycles. The van der Waals surface area contributed by atoms with E-state index in [0.717, 1.165) is 15.2 Å². The smallest absolute Gasteiger partial charge is 0.306 e. The number of nitrogens with zero attached hydrogens (tertiary/aromatic N) is 2. The summed E-state index contributed by atoms with van der Waals surface area (Å²) in [4.78, 5) is 39.0. The first-order valence-electron chi connectivity index (χ1n) is 9.17. The Hall–Kier alpha value is -3.53. The van der Waals surface area contributed by atoms with Crippen LogP contribution in [0.15, 0.2) is 42.5 Å². The number of carbonyl (C=O) groups excluding carboxylic acids is 2. The number of amides is 1. The van der Waals surface area contributed by atoms with E-state index in [1.807, 2.05) is 24.3 Å². The number of fused-ring (bicyclic) bond motifs is 1. The van der Waals surface area contributed by atoms with E-state index in [1.165, 1.54) is 29.5 Å². The Labute approximate surface area is 175 Å². The number of nitrogens with one attached hydrogen (secondary N) is 1. The number of aromatic nitrogens is 1. The van der Waals surface area contributed by atoms with Gasteiger partial charge >= 0.3 is 5.97 Å². The van der Waals surface area contributed by atoms with Crippen LogP contribution in [0.3, 0.4) is 0 Å². The number of ether oxygens (including phenoxy) is 2. The first kappa shape index (κ1) is 21.2. The van der Waals surface area contributed by atoms with Crippen molar-refractivity contribution in [2.24, 2.45) is 0 Å². The zero-order valence-corrected chi connectivity index (χ0v) is 16.9. The van der Waals surface area contributed by atoms with E-state index in [0.29, 0.717) is 18.8 Å². The minimum Gasteiger partial charge on any atom is -0.494 e. The molecule has 0 fully saturated rings. The predicted octanol–water partition coefficient (Wildman–Crippen LogP) is 3.72. The van der Waals surface area contributed by atoms with E-state index in [1.54, 1.807) is 6.92 Å². The summed E-state index contributed by atoms with van der Waals surface area (Å²) in [5.41, 5.74) is 0.567. The van der Waals surface area contributed by atoms with E-state index in [4.69, 9.17) is 9.47 Å². The van der Waals surface area contributed by atoms with E-state index in [2.05, 4.69) is 10.3 Å². The molecule has 0 aliphatic rings. The van der Waals surface area contributed by atoms with Gasteiger partial charge in [0.25, 0.3) is 11.6 Å². The summed E-state index contributed by atoms with van der Waals surface area (Å²) < 4.78 is 11.2. The van der Waals surface area contributed by atoms with Crippen molar-refractivity contribution < 1.29 is 24.0 Å². The second-order valence-electron chi connectivity index (χ2n) is 6.15. The molecule has 2 aromatic carbocycles. The third-order valence-corrected chi connectivity index (χ3v) is 5.09. The van der Waals surface area contributed by atoms with Crippen LogP contribution < -0.4 is 10.1 Å². The number of hydrogen-bond acceptors (Lipinski definition) is 8. The van der Waals surface area contributed by atoms with Gasteiger partial charge in [0, 0.05) is 6.42 Å². The zero-order valence-electron chi connectivity index (χ0n) is 16.1. The average Bonchev–Trinajstić information content (AvgIpc) is 3.15. The highest BCUT2D eigenvalue weighted by Gasteiger charge is 2.18. The second kappa shape index (κ2) is 9.79. The van der Waals surface area contributed by atoms with Crippen molar-refractivity contribution in [3.8, 4) is 5.75 Å². The fourth-order valence-corrected chi connectivity index (χ4v) is 3.63. The zero-order chi connectivity index (χ0) is 21.5. The molecule has 3 rings (SSSR count). The number of anilines is 1. The average molecular weight is 429 g/mol. The molecular formula is C20H19N3O6S. The monoisotopic (exact) mass is 429 g/mol. The summed E-state index contributed by atoms with van der Waals surface area (Å²) in [7, 11) is 0. The van der Waals surface area contributed by atoms with E-state index in [-0.39, 0.29) is 17.8 Å². The molecule has 0 bridgehead atoms. The largest absolute Gasteiger partial charge is 0.494 e. The Kier molecular flexibility index (Phi) is 6.91. The third-order valence-electron chi connectivity index (χ3n) is 4.00. The molecule has 10 heteroatoms. The quantitative estimate of drug-likeness (QED) is 0.313. The number of benzene rings is 2. The van der Waals surface area contributed by atoms with Crippen LogP contribution in [0.2, 0.25) is 0 Å². The summed E-state index contributed by atoms with van der Waals surface area (Å²) in [5, 5.41) is 14.4. The van der Waals surface area contributed by atoms with Crippen LogP contribution >= 0.6 is 11.3 Å². The summed E-state index contributed by atoms with van der Waals surface area (Å²) in [6.45, 7) is 1.57. The lowest BCUT2D eigenvalue weighted by Crippen LogP contribution is -2.21. The van der Waals surface area contributed by atoms with E-state index in [9.17, 15) is 19.7 Å². The van der Waals surface area contributed by atoms with Crippen LogP contribution in [0.5, 0.6) is 5.75 Å². The molecule has 30 heavy (non-hydrogen) atoms. The molecule has 0 saturated carbocycles. The highest BCUT2D eigenvalue weighted by atomic mass is 32.1. The second-order valence-corrected chi connectivity index (χ2v) is 7.27. The van der Waals surface area contributed by atoms with E-state index < -0.39 is 23.4 Å². The Bertz CT molecular complexity index is 1050. The van der Waals surface area contributed by atoms with Crippen LogP contribution in [-0.4, -0.2) is 35.0 Å². The lowest BCUT2D eigenvalue weighted by atomic mass is 10.2. The minimum absolute atomic E-state index is 0.000947. The van der Waals surface area contributed by atoms with Crippen LogP contribution in [-0.2, 0) is 20.7 Å². The third kappa shape index (κ3) is 5.51. The lowest BCUT2D eigenvalue weighted by Gasteiger charge is -2.09. The lowest BCUT2D eigenvalue weighted by molar-refractivity contribution is -0.384. The molecule has 0 aliphatic carbocycles. The summed E-state index contributed by atoms with van der Waals surface area (Å²) >= 11 is 1.50. The highest BCUT2D eigenvalue weighted by Crippen LogP contribution is 2.29. The number of rotatable bonds is 9. The Balaban J connectivity index is 1.50. The maximum absolute atomic E-state index is 12.0.